The van der Waals surface area contributed by atoms with Crippen LogP contribution >= 0.6 is 22.7 Å². The van der Waals surface area contributed by atoms with Crippen molar-refractivity contribution in [3.8, 4) is 38.1 Å². The molecule has 0 aliphatic rings. The molecular formula is C18H10N2OS2. The maximum absolute atomic E-state index is 9.36. The van der Waals surface area contributed by atoms with Crippen molar-refractivity contribution < 1.29 is 5.11 Å². The SMILES string of the molecule is N#CC(C#N)=Cc1ccc(-c2ccc(-c3ccc(O)cc3)s2)s1. The Labute approximate surface area is 141 Å². The fraction of sp³-hybridized carbons (Fsp3) is 0. The van der Waals surface area contributed by atoms with Crippen LogP contribution in [0.3, 0.4) is 0 Å². The number of phenolic OH excluding ortho intramolecular Hbond substituents is 1. The minimum Gasteiger partial charge on any atom is -0.508 e. The summed E-state index contributed by atoms with van der Waals surface area (Å²) in [6, 6.07) is 18.9. The van der Waals surface area contributed by atoms with Crippen LogP contribution in [-0.4, -0.2) is 5.11 Å². The second-order valence-corrected chi connectivity index (χ2v) is 6.89. The summed E-state index contributed by atoms with van der Waals surface area (Å²) >= 11 is 3.21. The number of phenols is 1. The Bertz CT molecular complexity index is 934. The Morgan fingerprint density at radius 2 is 1.43 bits per heavy atom. The molecule has 1 N–H and O–H groups in total. The Hall–Kier alpha value is -2.86. The van der Waals surface area contributed by atoms with E-state index in [1.165, 1.54) is 0 Å². The highest BCUT2D eigenvalue weighted by atomic mass is 32.1. The van der Waals surface area contributed by atoms with E-state index in [0.29, 0.717) is 0 Å². The van der Waals surface area contributed by atoms with E-state index < -0.39 is 0 Å². The van der Waals surface area contributed by atoms with E-state index >= 15 is 0 Å². The molecule has 0 bridgehead atoms. The number of hydrogen-bond donors (Lipinski definition) is 1. The maximum atomic E-state index is 9.36. The quantitative estimate of drug-likeness (QED) is 0.663. The summed E-state index contributed by atoms with van der Waals surface area (Å²) in [7, 11) is 0. The van der Waals surface area contributed by atoms with Gasteiger partial charge < -0.3 is 5.11 Å². The van der Waals surface area contributed by atoms with Gasteiger partial charge in [0.1, 0.15) is 23.5 Å². The van der Waals surface area contributed by atoms with Crippen LogP contribution in [0.25, 0.3) is 26.3 Å². The monoisotopic (exact) mass is 334 g/mol. The first-order valence-electron chi connectivity index (χ1n) is 6.71. The molecule has 0 spiro atoms. The highest BCUT2D eigenvalue weighted by Crippen LogP contribution is 2.38. The van der Waals surface area contributed by atoms with E-state index in [4.69, 9.17) is 10.5 Å². The van der Waals surface area contributed by atoms with Crippen molar-refractivity contribution in [1.82, 2.24) is 0 Å². The second kappa shape index (κ2) is 6.50. The van der Waals surface area contributed by atoms with Crippen molar-refractivity contribution in [3.05, 3.63) is 59.0 Å². The third kappa shape index (κ3) is 3.32. The van der Waals surface area contributed by atoms with Crippen LogP contribution in [0, 0.1) is 22.7 Å². The lowest BCUT2D eigenvalue weighted by molar-refractivity contribution is 0.475. The lowest BCUT2D eigenvalue weighted by atomic mass is 10.2. The topological polar surface area (TPSA) is 67.8 Å². The number of allylic oxidation sites excluding steroid dienone is 1. The van der Waals surface area contributed by atoms with Crippen molar-refractivity contribution >= 4 is 28.7 Å². The first-order valence-corrected chi connectivity index (χ1v) is 8.34. The zero-order valence-electron chi connectivity index (χ0n) is 11.9. The summed E-state index contributed by atoms with van der Waals surface area (Å²) < 4.78 is 0. The predicted octanol–water partition coefficient (Wildman–Crippen LogP) is 5.28. The average molecular weight is 334 g/mol. The van der Waals surface area contributed by atoms with Gasteiger partial charge in [0, 0.05) is 19.5 Å². The van der Waals surface area contributed by atoms with Gasteiger partial charge in [0.05, 0.1) is 0 Å². The molecule has 3 nitrogen and oxygen atoms in total. The van der Waals surface area contributed by atoms with Gasteiger partial charge in [-0.15, -0.1) is 22.7 Å². The molecule has 0 saturated carbocycles. The van der Waals surface area contributed by atoms with Crippen molar-refractivity contribution in [2.45, 2.75) is 0 Å². The maximum Gasteiger partial charge on any atom is 0.131 e. The zero-order valence-corrected chi connectivity index (χ0v) is 13.5. The largest absolute Gasteiger partial charge is 0.508 e. The van der Waals surface area contributed by atoms with Crippen LogP contribution in [0.5, 0.6) is 5.75 Å². The Morgan fingerprint density at radius 3 is 2.13 bits per heavy atom. The number of benzene rings is 1. The summed E-state index contributed by atoms with van der Waals surface area (Å²) in [5, 5.41) is 27.0. The van der Waals surface area contributed by atoms with Gasteiger partial charge in [-0.25, -0.2) is 0 Å². The van der Waals surface area contributed by atoms with Crippen molar-refractivity contribution in [2.75, 3.05) is 0 Å². The van der Waals surface area contributed by atoms with Crippen LogP contribution in [0.2, 0.25) is 0 Å². The van der Waals surface area contributed by atoms with Crippen LogP contribution in [0.1, 0.15) is 4.88 Å². The molecule has 0 atom stereocenters. The standard InChI is InChI=1S/C18H10N2OS2/c19-10-12(11-20)9-15-5-6-17(22-15)18-8-7-16(23-18)13-1-3-14(21)4-2-13/h1-9,21H. The highest BCUT2D eigenvalue weighted by molar-refractivity contribution is 7.24. The Balaban J connectivity index is 1.88. The third-order valence-electron chi connectivity index (χ3n) is 3.15. The smallest absolute Gasteiger partial charge is 0.131 e. The summed E-state index contributed by atoms with van der Waals surface area (Å²) in [6.07, 6.45) is 1.60. The molecule has 5 heteroatoms. The summed E-state index contributed by atoms with van der Waals surface area (Å²) in [4.78, 5) is 4.24. The van der Waals surface area contributed by atoms with Crippen LogP contribution < -0.4 is 0 Å². The summed E-state index contributed by atoms with van der Waals surface area (Å²) in [6.45, 7) is 0. The van der Waals surface area contributed by atoms with E-state index in [1.807, 2.05) is 36.4 Å². The van der Waals surface area contributed by atoms with E-state index in [-0.39, 0.29) is 11.3 Å². The number of rotatable bonds is 3. The molecule has 23 heavy (non-hydrogen) atoms. The van der Waals surface area contributed by atoms with Crippen molar-refractivity contribution in [1.29, 1.82) is 10.5 Å². The molecule has 2 heterocycles. The van der Waals surface area contributed by atoms with Gasteiger partial charge >= 0.3 is 0 Å². The minimum atomic E-state index is 0.106. The molecule has 0 fully saturated rings. The third-order valence-corrected chi connectivity index (χ3v) is 5.52. The minimum absolute atomic E-state index is 0.106. The summed E-state index contributed by atoms with van der Waals surface area (Å²) in [5.41, 5.74) is 1.17. The molecule has 0 amide bonds. The van der Waals surface area contributed by atoms with Crippen molar-refractivity contribution in [3.63, 3.8) is 0 Å². The summed E-state index contributed by atoms with van der Waals surface area (Å²) in [5.74, 6) is 0.256. The molecule has 0 unspecified atom stereocenters. The lowest BCUT2D eigenvalue weighted by Gasteiger charge is -1.97. The number of aromatic hydroxyl groups is 1. The predicted molar refractivity (Wildman–Crippen MR) is 93.9 cm³/mol. The molecule has 0 saturated heterocycles. The lowest BCUT2D eigenvalue weighted by Crippen LogP contribution is -1.69. The number of thiophene rings is 2. The van der Waals surface area contributed by atoms with E-state index in [9.17, 15) is 5.11 Å². The molecule has 0 aliphatic carbocycles. The van der Waals surface area contributed by atoms with Gasteiger partial charge in [0.15, 0.2) is 0 Å². The van der Waals surface area contributed by atoms with E-state index in [1.54, 1.807) is 40.9 Å². The Kier molecular flexibility index (Phi) is 4.25. The number of nitriles is 2. The molecule has 3 rings (SSSR count). The van der Waals surface area contributed by atoms with Gasteiger partial charge in [-0.3, -0.25) is 0 Å². The van der Waals surface area contributed by atoms with E-state index in [2.05, 4.69) is 12.1 Å². The number of nitrogens with zero attached hydrogens (tertiary/aromatic N) is 2. The fourth-order valence-electron chi connectivity index (χ4n) is 2.05. The average Bonchev–Trinajstić information content (AvgIpc) is 3.22. The molecular weight excluding hydrogens is 324 g/mol. The highest BCUT2D eigenvalue weighted by Gasteiger charge is 2.08. The van der Waals surface area contributed by atoms with Crippen LogP contribution in [0.15, 0.2) is 54.1 Å². The van der Waals surface area contributed by atoms with Gasteiger partial charge in [0.2, 0.25) is 0 Å². The normalized spacial score (nSPS) is 9.83. The van der Waals surface area contributed by atoms with E-state index in [0.717, 1.165) is 25.1 Å². The molecule has 1 aromatic carbocycles. The Morgan fingerprint density at radius 1 is 0.826 bits per heavy atom. The molecule has 2 aromatic heterocycles. The zero-order chi connectivity index (χ0) is 16.2. The molecule has 110 valence electrons. The first-order chi connectivity index (χ1) is 11.2. The molecule has 0 radical (unpaired) electrons. The van der Waals surface area contributed by atoms with Gasteiger partial charge in [-0.1, -0.05) is 0 Å². The molecule has 0 aliphatic heterocycles. The van der Waals surface area contributed by atoms with Crippen molar-refractivity contribution in [2.24, 2.45) is 0 Å². The fourth-order valence-corrected chi connectivity index (χ4v) is 4.10. The first kappa shape index (κ1) is 15.1. The van der Waals surface area contributed by atoms with Gasteiger partial charge in [-0.05, 0) is 60.2 Å². The second-order valence-electron chi connectivity index (χ2n) is 4.69. The van der Waals surface area contributed by atoms with Gasteiger partial charge in [0.25, 0.3) is 0 Å². The van der Waals surface area contributed by atoms with Crippen LogP contribution in [0.4, 0.5) is 0 Å². The van der Waals surface area contributed by atoms with Crippen LogP contribution in [-0.2, 0) is 0 Å². The number of hydrogen-bond acceptors (Lipinski definition) is 5. The molecule has 3 aromatic rings. The van der Waals surface area contributed by atoms with Gasteiger partial charge in [-0.2, -0.15) is 10.5 Å².